The van der Waals surface area contributed by atoms with Gasteiger partial charge < -0.3 is 5.32 Å². The topological polar surface area (TPSA) is 46.9 Å². The van der Waals surface area contributed by atoms with Gasteiger partial charge in [0.15, 0.2) is 5.69 Å². The molecule has 8 heteroatoms. The van der Waals surface area contributed by atoms with Crippen molar-refractivity contribution in [3.05, 3.63) is 16.4 Å². The van der Waals surface area contributed by atoms with Gasteiger partial charge in [-0.25, -0.2) is 0 Å². The molecule has 108 valence electrons. The van der Waals surface area contributed by atoms with Gasteiger partial charge in [-0.2, -0.15) is 18.3 Å². The second-order valence-electron chi connectivity index (χ2n) is 4.53. The highest BCUT2D eigenvalue weighted by molar-refractivity contribution is 6.32. The lowest BCUT2D eigenvalue weighted by atomic mass is 10.2. The van der Waals surface area contributed by atoms with E-state index in [2.05, 4.69) is 10.4 Å². The van der Waals surface area contributed by atoms with Crippen LogP contribution in [0.2, 0.25) is 5.02 Å². The molecule has 1 amide bonds. The molecular weight excluding hydrogens is 283 g/mol. The van der Waals surface area contributed by atoms with E-state index in [0.717, 1.165) is 4.68 Å². The maximum Gasteiger partial charge on any atom is 0.436 e. The van der Waals surface area contributed by atoms with Gasteiger partial charge in [0.1, 0.15) is 6.04 Å². The molecule has 1 rings (SSSR count). The number of hydrogen-bond acceptors (Lipinski definition) is 2. The molecule has 0 spiro atoms. The molecule has 0 fully saturated rings. The first kappa shape index (κ1) is 15.8. The third-order valence-corrected chi connectivity index (χ3v) is 2.98. The van der Waals surface area contributed by atoms with Crippen molar-refractivity contribution in [2.45, 2.75) is 46.0 Å². The van der Waals surface area contributed by atoms with E-state index < -0.39 is 28.8 Å². The van der Waals surface area contributed by atoms with E-state index in [9.17, 15) is 18.0 Å². The summed E-state index contributed by atoms with van der Waals surface area (Å²) in [5, 5.41) is 5.54. The molecular formula is C11H15ClF3N3O. The van der Waals surface area contributed by atoms with Crippen molar-refractivity contribution in [2.75, 3.05) is 0 Å². The Balaban J connectivity index is 3.12. The van der Waals surface area contributed by atoms with Crippen molar-refractivity contribution >= 4 is 17.5 Å². The number of rotatable bonds is 3. The van der Waals surface area contributed by atoms with Gasteiger partial charge in [-0.15, -0.1) is 0 Å². The van der Waals surface area contributed by atoms with Crippen molar-refractivity contribution in [3.8, 4) is 0 Å². The van der Waals surface area contributed by atoms with Crippen LogP contribution in [-0.2, 0) is 11.0 Å². The smallest absolute Gasteiger partial charge is 0.352 e. The number of carbonyl (C=O) groups excluding carboxylic acids is 1. The van der Waals surface area contributed by atoms with Gasteiger partial charge in [-0.1, -0.05) is 11.6 Å². The van der Waals surface area contributed by atoms with Crippen LogP contribution in [0.15, 0.2) is 0 Å². The van der Waals surface area contributed by atoms with E-state index >= 15 is 0 Å². The number of carbonyl (C=O) groups is 1. The van der Waals surface area contributed by atoms with E-state index in [4.69, 9.17) is 11.6 Å². The number of hydrogen-bond donors (Lipinski definition) is 1. The highest BCUT2D eigenvalue weighted by Crippen LogP contribution is 2.36. The molecule has 0 radical (unpaired) electrons. The van der Waals surface area contributed by atoms with Crippen LogP contribution in [0.1, 0.15) is 38.2 Å². The molecule has 19 heavy (non-hydrogen) atoms. The van der Waals surface area contributed by atoms with Crippen molar-refractivity contribution in [3.63, 3.8) is 0 Å². The van der Waals surface area contributed by atoms with E-state index in [-0.39, 0.29) is 11.7 Å². The van der Waals surface area contributed by atoms with Crippen LogP contribution < -0.4 is 5.32 Å². The number of amides is 1. The lowest BCUT2D eigenvalue weighted by molar-refractivity contribution is -0.141. The van der Waals surface area contributed by atoms with Gasteiger partial charge in [0, 0.05) is 6.04 Å². The van der Waals surface area contributed by atoms with Crippen molar-refractivity contribution in [2.24, 2.45) is 0 Å². The summed E-state index contributed by atoms with van der Waals surface area (Å²) in [6, 6.07) is -0.973. The van der Waals surface area contributed by atoms with Crippen molar-refractivity contribution < 1.29 is 18.0 Å². The summed E-state index contributed by atoms with van der Waals surface area (Å²) in [7, 11) is 0. The Kier molecular flexibility index (Phi) is 4.50. The summed E-state index contributed by atoms with van der Waals surface area (Å²) in [5.41, 5.74) is -1.06. The fraction of sp³-hybridized carbons (Fsp3) is 0.636. The number of alkyl halides is 3. The molecule has 4 nitrogen and oxygen atoms in total. The minimum absolute atomic E-state index is 0.108. The van der Waals surface area contributed by atoms with Crippen LogP contribution in [0, 0.1) is 6.92 Å². The molecule has 0 aliphatic carbocycles. The quantitative estimate of drug-likeness (QED) is 0.932. The SMILES string of the molecule is Cc1c(Cl)c(C(F)(F)F)nn1[C@H](C)C(=O)NC(C)C. The number of nitrogens with one attached hydrogen (secondary N) is 1. The Hall–Kier alpha value is -1.24. The van der Waals surface area contributed by atoms with Crippen LogP contribution in [-0.4, -0.2) is 21.7 Å². The Labute approximate surface area is 113 Å². The number of nitrogens with zero attached hydrogens (tertiary/aromatic N) is 2. The number of aromatic nitrogens is 2. The Morgan fingerprint density at radius 2 is 1.89 bits per heavy atom. The molecule has 0 saturated carbocycles. The van der Waals surface area contributed by atoms with Crippen LogP contribution in [0.3, 0.4) is 0 Å². The maximum absolute atomic E-state index is 12.7. The highest BCUT2D eigenvalue weighted by Gasteiger charge is 2.39. The molecule has 0 aliphatic rings. The Morgan fingerprint density at radius 1 is 1.37 bits per heavy atom. The van der Waals surface area contributed by atoms with E-state index in [1.54, 1.807) is 13.8 Å². The van der Waals surface area contributed by atoms with Gasteiger partial charge in [0.25, 0.3) is 0 Å². The summed E-state index contributed by atoms with van der Waals surface area (Å²) in [6.45, 7) is 6.38. The third-order valence-electron chi connectivity index (χ3n) is 2.52. The molecule has 1 N–H and O–H groups in total. The zero-order valence-electron chi connectivity index (χ0n) is 11.0. The summed E-state index contributed by atoms with van der Waals surface area (Å²) < 4.78 is 39.0. The van der Waals surface area contributed by atoms with Gasteiger partial charge in [0.05, 0.1) is 10.7 Å². The van der Waals surface area contributed by atoms with Gasteiger partial charge in [-0.3, -0.25) is 9.48 Å². The normalized spacial score (nSPS) is 13.7. The molecule has 1 aromatic heterocycles. The summed E-state index contributed by atoms with van der Waals surface area (Å²) in [4.78, 5) is 11.8. The minimum atomic E-state index is -4.64. The molecule has 0 saturated heterocycles. The molecule has 1 heterocycles. The van der Waals surface area contributed by atoms with Crippen LogP contribution in [0.25, 0.3) is 0 Å². The Morgan fingerprint density at radius 3 is 2.26 bits per heavy atom. The van der Waals surface area contributed by atoms with Crippen LogP contribution in [0.5, 0.6) is 0 Å². The summed E-state index contributed by atoms with van der Waals surface area (Å²) >= 11 is 5.62. The molecule has 0 unspecified atom stereocenters. The lowest BCUT2D eigenvalue weighted by Gasteiger charge is -2.16. The lowest BCUT2D eigenvalue weighted by Crippen LogP contribution is -2.36. The van der Waals surface area contributed by atoms with E-state index in [1.807, 2.05) is 0 Å². The van der Waals surface area contributed by atoms with Gasteiger partial charge in [0.2, 0.25) is 5.91 Å². The zero-order chi connectivity index (χ0) is 15.0. The van der Waals surface area contributed by atoms with Crippen molar-refractivity contribution in [1.29, 1.82) is 0 Å². The first-order chi connectivity index (χ1) is 8.55. The fourth-order valence-corrected chi connectivity index (χ4v) is 1.80. The predicted molar refractivity (Wildman–Crippen MR) is 65.0 cm³/mol. The van der Waals surface area contributed by atoms with E-state index in [1.165, 1.54) is 13.8 Å². The highest BCUT2D eigenvalue weighted by atomic mass is 35.5. The fourth-order valence-electron chi connectivity index (χ4n) is 1.57. The van der Waals surface area contributed by atoms with Gasteiger partial charge >= 0.3 is 6.18 Å². The van der Waals surface area contributed by atoms with Crippen LogP contribution >= 0.6 is 11.6 Å². The average Bonchev–Trinajstić information content (AvgIpc) is 2.53. The average molecular weight is 298 g/mol. The third kappa shape index (κ3) is 3.40. The molecule has 0 aromatic carbocycles. The monoisotopic (exact) mass is 297 g/mol. The summed E-state index contributed by atoms with van der Waals surface area (Å²) in [5.74, 6) is -0.411. The molecule has 0 aliphatic heterocycles. The largest absolute Gasteiger partial charge is 0.436 e. The molecule has 1 aromatic rings. The Bertz CT molecular complexity index is 482. The van der Waals surface area contributed by atoms with E-state index in [0.29, 0.717) is 0 Å². The summed E-state index contributed by atoms with van der Waals surface area (Å²) in [6.07, 6.45) is -4.64. The predicted octanol–water partition coefficient (Wildman–Crippen LogP) is 2.95. The standard InChI is InChI=1S/C11H15ClF3N3O/c1-5(2)16-10(19)7(4)18-6(3)8(12)9(17-18)11(13,14)15/h5,7H,1-4H3,(H,16,19)/t7-/m1/s1. The first-order valence-corrected chi connectivity index (χ1v) is 6.05. The minimum Gasteiger partial charge on any atom is -0.352 e. The second-order valence-corrected chi connectivity index (χ2v) is 4.91. The van der Waals surface area contributed by atoms with Crippen molar-refractivity contribution in [1.82, 2.24) is 15.1 Å². The molecule has 0 bridgehead atoms. The number of halogens is 4. The molecule has 1 atom stereocenters. The maximum atomic E-state index is 12.7. The van der Waals surface area contributed by atoms with Crippen LogP contribution in [0.4, 0.5) is 13.2 Å². The second kappa shape index (κ2) is 5.40. The van der Waals surface area contributed by atoms with Gasteiger partial charge in [-0.05, 0) is 27.7 Å². The zero-order valence-corrected chi connectivity index (χ0v) is 11.7. The first-order valence-electron chi connectivity index (χ1n) is 5.67.